The molecule has 2 aromatic rings. The van der Waals surface area contributed by atoms with Gasteiger partial charge in [-0.2, -0.15) is 5.10 Å². The Bertz CT molecular complexity index is 662. The number of hydrogen-bond donors (Lipinski definition) is 2. The molecule has 0 fully saturated rings. The first-order valence-electron chi connectivity index (χ1n) is 7.98. The van der Waals surface area contributed by atoms with Crippen LogP contribution in [0.1, 0.15) is 28.8 Å². The topological polar surface area (TPSA) is 54.2 Å². The Hall–Kier alpha value is -1.09. The van der Waals surface area contributed by atoms with Gasteiger partial charge < -0.3 is 10.6 Å². The van der Waals surface area contributed by atoms with Gasteiger partial charge in [0.15, 0.2) is 5.96 Å². The molecule has 0 saturated carbocycles. The fraction of sp³-hybridized carbons (Fsp3) is 0.529. The summed E-state index contributed by atoms with van der Waals surface area (Å²) in [5.41, 5.74) is 3.62. The number of nitrogens with one attached hydrogen (secondary N) is 2. The van der Waals surface area contributed by atoms with Gasteiger partial charge in [-0.15, -0.1) is 35.3 Å². The van der Waals surface area contributed by atoms with Gasteiger partial charge in [0, 0.05) is 30.7 Å². The molecule has 0 saturated heterocycles. The molecule has 1 unspecified atom stereocenters. The summed E-state index contributed by atoms with van der Waals surface area (Å²) >= 11 is 1.78. The van der Waals surface area contributed by atoms with E-state index in [9.17, 15) is 0 Å². The lowest BCUT2D eigenvalue weighted by atomic mass is 10.2. The first-order valence-corrected chi connectivity index (χ1v) is 8.86. The van der Waals surface area contributed by atoms with Crippen molar-refractivity contribution in [3.05, 3.63) is 39.3 Å². The summed E-state index contributed by atoms with van der Waals surface area (Å²) in [5.74, 6) is 1.31. The maximum absolute atomic E-state index is 4.52. The molecule has 0 spiro atoms. The molecule has 2 rings (SSSR count). The van der Waals surface area contributed by atoms with Crippen molar-refractivity contribution in [3.63, 3.8) is 0 Å². The second-order valence-electron chi connectivity index (χ2n) is 6.05. The molecule has 7 heteroatoms. The molecular formula is C17H28IN5S. The van der Waals surface area contributed by atoms with E-state index in [-0.39, 0.29) is 24.0 Å². The molecule has 1 atom stereocenters. The summed E-state index contributed by atoms with van der Waals surface area (Å²) in [6.45, 7) is 11.1. The SMILES string of the molecule is CN=C(NCc1sccc1C)NCC(C)Cn1nc(C)cc1C.I. The van der Waals surface area contributed by atoms with Crippen molar-refractivity contribution in [1.82, 2.24) is 20.4 Å². The predicted octanol–water partition coefficient (Wildman–Crippen LogP) is 3.49. The summed E-state index contributed by atoms with van der Waals surface area (Å²) in [5, 5.41) is 13.4. The minimum absolute atomic E-state index is 0. The second-order valence-corrected chi connectivity index (χ2v) is 7.05. The van der Waals surface area contributed by atoms with Crippen LogP contribution >= 0.6 is 35.3 Å². The molecule has 0 aliphatic carbocycles. The number of rotatable bonds is 6. The van der Waals surface area contributed by atoms with E-state index in [2.05, 4.69) is 63.7 Å². The fourth-order valence-electron chi connectivity index (χ4n) is 2.46. The zero-order chi connectivity index (χ0) is 16.8. The first kappa shape index (κ1) is 21.0. The zero-order valence-electron chi connectivity index (χ0n) is 15.1. The number of guanidine groups is 1. The lowest BCUT2D eigenvalue weighted by molar-refractivity contribution is 0.436. The van der Waals surface area contributed by atoms with E-state index < -0.39 is 0 Å². The number of thiophene rings is 1. The van der Waals surface area contributed by atoms with E-state index in [0.29, 0.717) is 5.92 Å². The van der Waals surface area contributed by atoms with Gasteiger partial charge in [-0.25, -0.2) is 0 Å². The van der Waals surface area contributed by atoms with Crippen LogP contribution in [0, 0.1) is 26.7 Å². The number of aliphatic imine (C=N–C) groups is 1. The third-order valence-electron chi connectivity index (χ3n) is 3.81. The second kappa shape index (κ2) is 10.0. The van der Waals surface area contributed by atoms with Gasteiger partial charge in [0.2, 0.25) is 0 Å². The van der Waals surface area contributed by atoms with E-state index in [4.69, 9.17) is 0 Å². The van der Waals surface area contributed by atoms with Crippen LogP contribution in [0.25, 0.3) is 0 Å². The minimum atomic E-state index is 0. The van der Waals surface area contributed by atoms with E-state index in [1.54, 1.807) is 11.3 Å². The molecule has 0 aromatic carbocycles. The van der Waals surface area contributed by atoms with Crippen molar-refractivity contribution in [3.8, 4) is 0 Å². The molecule has 0 amide bonds. The van der Waals surface area contributed by atoms with Gasteiger partial charge in [0.05, 0.1) is 12.2 Å². The van der Waals surface area contributed by atoms with E-state index in [1.807, 2.05) is 14.0 Å². The predicted molar refractivity (Wildman–Crippen MR) is 114 cm³/mol. The highest BCUT2D eigenvalue weighted by atomic mass is 127. The Morgan fingerprint density at radius 1 is 1.33 bits per heavy atom. The van der Waals surface area contributed by atoms with Crippen LogP contribution in [-0.2, 0) is 13.1 Å². The minimum Gasteiger partial charge on any atom is -0.356 e. The number of hydrogen-bond acceptors (Lipinski definition) is 3. The van der Waals surface area contributed by atoms with E-state index >= 15 is 0 Å². The fourth-order valence-corrected chi connectivity index (χ4v) is 3.31. The number of halogens is 1. The van der Waals surface area contributed by atoms with Crippen molar-refractivity contribution in [2.75, 3.05) is 13.6 Å². The normalized spacial score (nSPS) is 12.6. The van der Waals surface area contributed by atoms with Crippen LogP contribution in [0.5, 0.6) is 0 Å². The van der Waals surface area contributed by atoms with Gasteiger partial charge in [0.1, 0.15) is 0 Å². The van der Waals surface area contributed by atoms with Crippen LogP contribution in [0.4, 0.5) is 0 Å². The number of nitrogens with zero attached hydrogens (tertiary/aromatic N) is 3. The summed E-state index contributed by atoms with van der Waals surface area (Å²) in [4.78, 5) is 5.65. The standard InChI is InChI=1S/C17H27N5S.HI/c1-12(11-22-15(4)8-14(3)21-22)9-19-17(18-5)20-10-16-13(2)6-7-23-16;/h6-8,12H,9-11H2,1-5H3,(H2,18,19,20);1H. The molecule has 0 bridgehead atoms. The highest BCUT2D eigenvalue weighted by Gasteiger charge is 2.08. The molecule has 134 valence electrons. The van der Waals surface area contributed by atoms with Crippen LogP contribution in [-0.4, -0.2) is 29.3 Å². The van der Waals surface area contributed by atoms with Crippen LogP contribution in [0.2, 0.25) is 0 Å². The molecule has 0 aliphatic heterocycles. The van der Waals surface area contributed by atoms with Crippen LogP contribution < -0.4 is 10.6 Å². The monoisotopic (exact) mass is 461 g/mol. The van der Waals surface area contributed by atoms with Gasteiger partial charge in [0.25, 0.3) is 0 Å². The van der Waals surface area contributed by atoms with Crippen molar-refractivity contribution < 1.29 is 0 Å². The molecule has 0 aliphatic rings. The van der Waals surface area contributed by atoms with E-state index in [1.165, 1.54) is 16.1 Å². The Morgan fingerprint density at radius 3 is 2.62 bits per heavy atom. The molecule has 0 radical (unpaired) electrons. The van der Waals surface area contributed by atoms with Gasteiger partial charge in [-0.3, -0.25) is 9.67 Å². The average molecular weight is 461 g/mol. The number of aryl methyl sites for hydroxylation is 3. The lowest BCUT2D eigenvalue weighted by Crippen LogP contribution is -2.39. The smallest absolute Gasteiger partial charge is 0.191 e. The van der Waals surface area contributed by atoms with Crippen molar-refractivity contribution in [2.45, 2.75) is 40.8 Å². The molecule has 2 aromatic heterocycles. The molecule has 2 N–H and O–H groups in total. The maximum atomic E-state index is 4.52. The molecule has 5 nitrogen and oxygen atoms in total. The van der Waals surface area contributed by atoms with Gasteiger partial charge >= 0.3 is 0 Å². The van der Waals surface area contributed by atoms with Crippen LogP contribution in [0.15, 0.2) is 22.5 Å². The summed E-state index contributed by atoms with van der Waals surface area (Å²) in [6, 6.07) is 4.26. The zero-order valence-corrected chi connectivity index (χ0v) is 18.2. The summed E-state index contributed by atoms with van der Waals surface area (Å²) < 4.78 is 2.08. The Kier molecular flexibility index (Phi) is 8.75. The van der Waals surface area contributed by atoms with Gasteiger partial charge in [-0.1, -0.05) is 6.92 Å². The van der Waals surface area contributed by atoms with Gasteiger partial charge in [-0.05, 0) is 49.8 Å². The lowest BCUT2D eigenvalue weighted by Gasteiger charge is -2.16. The van der Waals surface area contributed by atoms with Crippen molar-refractivity contribution in [1.29, 1.82) is 0 Å². The largest absolute Gasteiger partial charge is 0.356 e. The third-order valence-corrected chi connectivity index (χ3v) is 4.84. The quantitative estimate of drug-likeness (QED) is 0.394. The highest BCUT2D eigenvalue weighted by molar-refractivity contribution is 14.0. The first-order chi connectivity index (χ1) is 11.0. The highest BCUT2D eigenvalue weighted by Crippen LogP contribution is 2.14. The summed E-state index contributed by atoms with van der Waals surface area (Å²) in [7, 11) is 1.81. The summed E-state index contributed by atoms with van der Waals surface area (Å²) in [6.07, 6.45) is 0. The van der Waals surface area contributed by atoms with E-state index in [0.717, 1.165) is 31.3 Å². The molecular weight excluding hydrogens is 433 g/mol. The molecule has 24 heavy (non-hydrogen) atoms. The Morgan fingerprint density at radius 2 is 2.08 bits per heavy atom. The van der Waals surface area contributed by atoms with Crippen molar-refractivity contribution in [2.24, 2.45) is 10.9 Å². The average Bonchev–Trinajstić information content (AvgIpc) is 3.05. The maximum Gasteiger partial charge on any atom is 0.191 e. The third kappa shape index (κ3) is 6.08. The van der Waals surface area contributed by atoms with Crippen molar-refractivity contribution >= 4 is 41.3 Å². The van der Waals surface area contributed by atoms with Crippen LogP contribution in [0.3, 0.4) is 0 Å². The number of aromatic nitrogens is 2. The Labute approximate surface area is 166 Å². The Balaban J connectivity index is 0.00000288. The molecule has 2 heterocycles.